The molecule has 2 aromatic rings. The van der Waals surface area contributed by atoms with Crippen LogP contribution in [0.25, 0.3) is 11.0 Å². The topological polar surface area (TPSA) is 67.7 Å². The van der Waals surface area contributed by atoms with Crippen molar-refractivity contribution < 1.29 is 14.3 Å². The van der Waals surface area contributed by atoms with E-state index >= 15 is 0 Å². The normalized spacial score (nSPS) is 22.5. The van der Waals surface area contributed by atoms with Gasteiger partial charge >= 0.3 is 5.97 Å². The Kier molecular flexibility index (Phi) is 7.59. The molecule has 0 bridgehead atoms. The van der Waals surface area contributed by atoms with E-state index in [1.54, 1.807) is 0 Å². The second-order valence-corrected chi connectivity index (χ2v) is 10.7. The summed E-state index contributed by atoms with van der Waals surface area (Å²) >= 11 is 0. The van der Waals surface area contributed by atoms with Gasteiger partial charge in [0.1, 0.15) is 0 Å². The maximum atomic E-state index is 13.3. The monoisotopic (exact) mass is 480 g/mol. The molecular weight excluding hydrogens is 440 g/mol. The minimum atomic E-state index is -0.174. The quantitative estimate of drug-likeness (QED) is 0.564. The van der Waals surface area contributed by atoms with Crippen molar-refractivity contribution >= 4 is 28.9 Å². The number of aromatic nitrogens is 2. The molecule has 1 aromatic heterocycles. The number of likely N-dealkylation sites (tertiary alicyclic amines) is 1. The molecule has 1 saturated carbocycles. The number of fused-ring (bicyclic) bond motifs is 1. The van der Waals surface area contributed by atoms with E-state index in [1.807, 2.05) is 11.8 Å². The number of piperidine rings is 2. The van der Waals surface area contributed by atoms with E-state index in [2.05, 4.69) is 33.7 Å². The highest BCUT2D eigenvalue weighted by Gasteiger charge is 2.35. The van der Waals surface area contributed by atoms with Crippen LogP contribution in [0.1, 0.15) is 64.7 Å². The van der Waals surface area contributed by atoms with E-state index in [1.165, 1.54) is 37.6 Å². The van der Waals surface area contributed by atoms with Crippen LogP contribution in [0.5, 0.6) is 0 Å². The average molecular weight is 481 g/mol. The lowest BCUT2D eigenvalue weighted by Crippen LogP contribution is -2.48. The Hall–Kier alpha value is -2.57. The fourth-order valence-corrected chi connectivity index (χ4v) is 6.33. The van der Waals surface area contributed by atoms with Crippen molar-refractivity contribution in [3.8, 4) is 0 Å². The van der Waals surface area contributed by atoms with E-state index in [9.17, 15) is 9.59 Å². The number of anilines is 1. The van der Waals surface area contributed by atoms with Crippen molar-refractivity contribution in [1.29, 1.82) is 0 Å². The molecule has 3 fully saturated rings. The Bertz CT molecular complexity index is 1020. The lowest BCUT2D eigenvalue weighted by Gasteiger charge is -2.37. The van der Waals surface area contributed by atoms with Crippen LogP contribution < -0.4 is 4.90 Å². The lowest BCUT2D eigenvalue weighted by atomic mass is 9.89. The zero-order valence-corrected chi connectivity index (χ0v) is 21.2. The molecule has 0 unspecified atom stereocenters. The summed E-state index contributed by atoms with van der Waals surface area (Å²) < 4.78 is 7.66. The van der Waals surface area contributed by atoms with Gasteiger partial charge in [-0.3, -0.25) is 9.59 Å². The van der Waals surface area contributed by atoms with Crippen LogP contribution >= 0.6 is 0 Å². The van der Waals surface area contributed by atoms with E-state index < -0.39 is 0 Å². The molecule has 0 radical (unpaired) electrons. The molecule has 1 atom stereocenters. The van der Waals surface area contributed by atoms with Gasteiger partial charge in [0.05, 0.1) is 23.6 Å². The van der Waals surface area contributed by atoms with E-state index in [4.69, 9.17) is 9.72 Å². The number of hydrogen-bond acceptors (Lipinski definition) is 5. The third kappa shape index (κ3) is 5.34. The highest BCUT2D eigenvalue weighted by molar-refractivity contribution is 5.81. The number of imidazole rings is 1. The number of amides is 1. The van der Waals surface area contributed by atoms with Crippen molar-refractivity contribution in [2.24, 2.45) is 17.8 Å². The van der Waals surface area contributed by atoms with Gasteiger partial charge in [-0.25, -0.2) is 4.98 Å². The Balaban J connectivity index is 1.25. The summed E-state index contributed by atoms with van der Waals surface area (Å²) in [5, 5.41) is 0. The number of ether oxygens (including phenoxy) is 1. The van der Waals surface area contributed by atoms with Gasteiger partial charge in [-0.1, -0.05) is 31.4 Å². The molecule has 2 saturated heterocycles. The fraction of sp³-hybridized carbons (Fsp3) is 0.679. The molecule has 190 valence electrons. The number of carbonyl (C=O) groups excluding carboxylic acids is 2. The number of nitrogens with zero attached hydrogens (tertiary/aromatic N) is 4. The number of esters is 1. The summed E-state index contributed by atoms with van der Waals surface area (Å²) in [4.78, 5) is 34.9. The molecule has 7 heteroatoms. The first kappa shape index (κ1) is 24.1. The molecule has 1 amide bonds. The van der Waals surface area contributed by atoms with Crippen molar-refractivity contribution in [3.05, 3.63) is 24.3 Å². The molecular formula is C28H40N4O3. The van der Waals surface area contributed by atoms with Crippen LogP contribution in [-0.2, 0) is 20.9 Å². The Labute approximate surface area is 208 Å². The molecule has 3 heterocycles. The third-order valence-corrected chi connectivity index (χ3v) is 8.28. The number of carbonyl (C=O) groups is 2. The second kappa shape index (κ2) is 11.0. The fourth-order valence-electron chi connectivity index (χ4n) is 6.33. The standard InChI is InChI=1S/C28H40N4O3/c1-2-35-27(34)23-11-8-16-31(20-23)26(33)22-14-17-30(18-15-22)28-29-24-12-6-7-13-25(24)32(28)19-21-9-4-3-5-10-21/h6-7,12-13,21-23H,2-5,8-11,14-20H2,1H3/t23-/m0/s1. The van der Waals surface area contributed by atoms with Crippen LogP contribution in [0, 0.1) is 17.8 Å². The number of hydrogen-bond donors (Lipinski definition) is 0. The number of rotatable bonds is 6. The van der Waals surface area contributed by atoms with Crippen LogP contribution in [-0.4, -0.2) is 59.1 Å². The van der Waals surface area contributed by atoms with Gasteiger partial charge in [0.15, 0.2) is 0 Å². The first-order chi connectivity index (χ1) is 17.1. The van der Waals surface area contributed by atoms with Crippen molar-refractivity contribution in [3.63, 3.8) is 0 Å². The van der Waals surface area contributed by atoms with Gasteiger partial charge < -0.3 is 19.1 Å². The number of benzene rings is 1. The molecule has 7 nitrogen and oxygen atoms in total. The zero-order chi connectivity index (χ0) is 24.2. The summed E-state index contributed by atoms with van der Waals surface area (Å²) in [6.45, 7) is 6.23. The Morgan fingerprint density at radius 3 is 2.49 bits per heavy atom. The molecule has 35 heavy (non-hydrogen) atoms. The maximum Gasteiger partial charge on any atom is 0.310 e. The molecule has 3 aliphatic rings. The van der Waals surface area contributed by atoms with E-state index in [0.29, 0.717) is 13.2 Å². The van der Waals surface area contributed by atoms with Gasteiger partial charge in [-0.2, -0.15) is 0 Å². The van der Waals surface area contributed by atoms with Gasteiger partial charge in [0.25, 0.3) is 0 Å². The second-order valence-electron chi connectivity index (χ2n) is 10.7. The first-order valence-corrected chi connectivity index (χ1v) is 13.8. The Morgan fingerprint density at radius 1 is 0.943 bits per heavy atom. The largest absolute Gasteiger partial charge is 0.466 e. The number of para-hydroxylation sites is 2. The minimum Gasteiger partial charge on any atom is -0.466 e. The summed E-state index contributed by atoms with van der Waals surface area (Å²) in [7, 11) is 0. The van der Waals surface area contributed by atoms with Gasteiger partial charge in [-0.15, -0.1) is 0 Å². The lowest BCUT2D eigenvalue weighted by molar-refractivity contribution is -0.152. The first-order valence-electron chi connectivity index (χ1n) is 13.8. The summed E-state index contributed by atoms with van der Waals surface area (Å²) in [5.74, 6) is 1.72. The molecule has 2 aliphatic heterocycles. The van der Waals surface area contributed by atoms with Crippen molar-refractivity contribution in [2.75, 3.05) is 37.7 Å². The highest BCUT2D eigenvalue weighted by Crippen LogP contribution is 2.32. The molecule has 5 rings (SSSR count). The van der Waals surface area contributed by atoms with Crippen molar-refractivity contribution in [2.45, 2.75) is 71.3 Å². The summed E-state index contributed by atoms with van der Waals surface area (Å²) in [6, 6.07) is 8.49. The Morgan fingerprint density at radius 2 is 1.71 bits per heavy atom. The SMILES string of the molecule is CCOC(=O)[C@H]1CCCN(C(=O)C2CCN(c3nc4ccccc4n3CC3CCCCC3)CC2)C1. The molecule has 0 spiro atoms. The highest BCUT2D eigenvalue weighted by atomic mass is 16.5. The maximum absolute atomic E-state index is 13.3. The smallest absolute Gasteiger partial charge is 0.310 e. The van der Waals surface area contributed by atoms with Crippen LogP contribution in [0.2, 0.25) is 0 Å². The molecule has 0 N–H and O–H groups in total. The van der Waals surface area contributed by atoms with E-state index in [0.717, 1.165) is 69.2 Å². The average Bonchev–Trinajstić information content (AvgIpc) is 3.27. The molecule has 1 aromatic carbocycles. The van der Waals surface area contributed by atoms with Crippen LogP contribution in [0.4, 0.5) is 5.95 Å². The van der Waals surface area contributed by atoms with Gasteiger partial charge in [0.2, 0.25) is 11.9 Å². The predicted molar refractivity (Wildman–Crippen MR) is 137 cm³/mol. The predicted octanol–water partition coefficient (Wildman–Crippen LogP) is 4.63. The zero-order valence-electron chi connectivity index (χ0n) is 21.2. The molecule has 1 aliphatic carbocycles. The summed E-state index contributed by atoms with van der Waals surface area (Å²) in [5.41, 5.74) is 2.29. The van der Waals surface area contributed by atoms with Crippen LogP contribution in [0.15, 0.2) is 24.3 Å². The van der Waals surface area contributed by atoms with Gasteiger partial charge in [0, 0.05) is 38.6 Å². The van der Waals surface area contributed by atoms with Crippen LogP contribution in [0.3, 0.4) is 0 Å². The van der Waals surface area contributed by atoms with E-state index in [-0.39, 0.29) is 23.7 Å². The summed E-state index contributed by atoms with van der Waals surface area (Å²) in [6.07, 6.45) is 10.0. The minimum absolute atomic E-state index is 0.0309. The van der Waals surface area contributed by atoms with Crippen molar-refractivity contribution in [1.82, 2.24) is 14.5 Å². The third-order valence-electron chi connectivity index (χ3n) is 8.28. The van der Waals surface area contributed by atoms with Gasteiger partial charge in [-0.05, 0) is 63.5 Å².